The van der Waals surface area contributed by atoms with Crippen molar-refractivity contribution in [3.05, 3.63) is 29.3 Å². The number of benzene rings is 1. The van der Waals surface area contributed by atoms with E-state index in [4.69, 9.17) is 9.73 Å². The average molecular weight is 384 g/mol. The van der Waals surface area contributed by atoms with Crippen molar-refractivity contribution in [1.82, 2.24) is 4.90 Å². The quantitative estimate of drug-likeness (QED) is 0.818. The van der Waals surface area contributed by atoms with Crippen molar-refractivity contribution in [1.29, 1.82) is 0 Å². The Morgan fingerprint density at radius 1 is 1.25 bits per heavy atom. The molecular weight excluding hydrogens is 356 g/mol. The molecule has 2 fully saturated rings. The number of piperidine rings is 1. The highest BCUT2D eigenvalue weighted by atomic mass is 16.5. The Bertz CT molecular complexity index is 800. The highest BCUT2D eigenvalue weighted by Crippen LogP contribution is 2.37. The Labute approximate surface area is 165 Å². The molecular formula is C22H28N2O4. The lowest BCUT2D eigenvalue weighted by molar-refractivity contribution is -0.140. The van der Waals surface area contributed by atoms with Gasteiger partial charge in [0.05, 0.1) is 7.11 Å². The number of hydrogen-bond acceptors (Lipinski definition) is 4. The van der Waals surface area contributed by atoms with E-state index in [9.17, 15) is 14.7 Å². The van der Waals surface area contributed by atoms with Gasteiger partial charge in [0.25, 0.3) is 0 Å². The summed E-state index contributed by atoms with van der Waals surface area (Å²) in [6.45, 7) is 2.05. The second-order valence-electron chi connectivity index (χ2n) is 8.23. The number of likely N-dealkylation sites (tertiary alicyclic amines) is 1. The van der Waals surface area contributed by atoms with Crippen LogP contribution in [0.2, 0.25) is 0 Å². The highest BCUT2D eigenvalue weighted by molar-refractivity contribution is 6.03. The largest absolute Gasteiger partial charge is 0.496 e. The summed E-state index contributed by atoms with van der Waals surface area (Å²) in [6, 6.07) is 6.04. The molecule has 150 valence electrons. The van der Waals surface area contributed by atoms with Crippen LogP contribution < -0.4 is 4.74 Å². The molecule has 0 bridgehead atoms. The van der Waals surface area contributed by atoms with Gasteiger partial charge in [0.2, 0.25) is 5.91 Å². The first-order chi connectivity index (χ1) is 13.6. The third kappa shape index (κ3) is 3.91. The molecule has 1 saturated carbocycles. The van der Waals surface area contributed by atoms with Crippen LogP contribution in [0.25, 0.3) is 0 Å². The number of hydrogen-bond donors (Lipinski definition) is 1. The Hall–Kier alpha value is -2.37. The Morgan fingerprint density at radius 3 is 2.79 bits per heavy atom. The third-order valence-electron chi connectivity index (χ3n) is 6.35. The molecule has 6 nitrogen and oxygen atoms in total. The number of rotatable bonds is 6. The molecule has 28 heavy (non-hydrogen) atoms. The smallest absolute Gasteiger partial charge is 0.303 e. The minimum absolute atomic E-state index is 0.0828. The Morgan fingerprint density at radius 2 is 2.07 bits per heavy atom. The van der Waals surface area contributed by atoms with E-state index in [1.807, 2.05) is 17.0 Å². The van der Waals surface area contributed by atoms with Crippen molar-refractivity contribution < 1.29 is 19.4 Å². The summed E-state index contributed by atoms with van der Waals surface area (Å²) >= 11 is 0. The molecule has 2 atom stereocenters. The second kappa shape index (κ2) is 7.94. The van der Waals surface area contributed by atoms with Crippen molar-refractivity contribution in [2.24, 2.45) is 22.7 Å². The molecule has 1 saturated heterocycles. The van der Waals surface area contributed by atoms with Gasteiger partial charge in [-0.1, -0.05) is 12.1 Å². The molecule has 2 heterocycles. The SMILES string of the molecule is COc1cccc2c1CCN=C2C[C@H]1CN(C(=O)C2CC2)CC[C@H]1CC(=O)O. The van der Waals surface area contributed by atoms with Crippen molar-refractivity contribution in [3.8, 4) is 5.75 Å². The van der Waals surface area contributed by atoms with Crippen molar-refractivity contribution >= 4 is 17.6 Å². The number of carbonyl (C=O) groups excluding carboxylic acids is 1. The lowest BCUT2D eigenvalue weighted by Gasteiger charge is -2.39. The van der Waals surface area contributed by atoms with Gasteiger partial charge in [-0.05, 0) is 50.0 Å². The zero-order valence-corrected chi connectivity index (χ0v) is 16.4. The number of aliphatic carboxylic acids is 1. The van der Waals surface area contributed by atoms with Crippen LogP contribution in [0, 0.1) is 17.8 Å². The molecule has 1 N–H and O–H groups in total. The minimum atomic E-state index is -0.760. The lowest BCUT2D eigenvalue weighted by atomic mass is 9.78. The first-order valence-electron chi connectivity index (χ1n) is 10.3. The number of nitrogens with zero attached hydrogens (tertiary/aromatic N) is 2. The molecule has 1 aliphatic carbocycles. The Balaban J connectivity index is 1.55. The van der Waals surface area contributed by atoms with Gasteiger partial charge >= 0.3 is 5.97 Å². The standard InChI is InChI=1S/C22H28N2O4/c1-28-20-4-2-3-17-18(20)7-9-23-19(17)11-16-13-24(22(27)14-5-6-14)10-8-15(16)12-21(25)26/h2-4,14-16H,5-13H2,1H3,(H,25,26)/t15-,16-/m0/s1. The number of ether oxygens (including phenoxy) is 1. The van der Waals surface area contributed by atoms with E-state index in [-0.39, 0.29) is 30.1 Å². The number of methoxy groups -OCH3 is 1. The summed E-state index contributed by atoms with van der Waals surface area (Å²) in [5, 5.41) is 9.36. The van der Waals surface area contributed by atoms with Crippen LogP contribution in [-0.2, 0) is 16.0 Å². The van der Waals surface area contributed by atoms with Gasteiger partial charge in [0.1, 0.15) is 5.75 Å². The molecule has 0 aromatic heterocycles. The Kier molecular flexibility index (Phi) is 5.38. The summed E-state index contributed by atoms with van der Waals surface area (Å²) in [4.78, 5) is 30.7. The van der Waals surface area contributed by atoms with Gasteiger partial charge in [-0.3, -0.25) is 14.6 Å². The molecule has 2 aliphatic heterocycles. The zero-order chi connectivity index (χ0) is 19.7. The summed E-state index contributed by atoms with van der Waals surface area (Å²) in [6.07, 6.45) is 4.49. The predicted octanol–water partition coefficient (Wildman–Crippen LogP) is 2.78. The molecule has 0 spiro atoms. The van der Waals surface area contributed by atoms with Gasteiger partial charge < -0.3 is 14.7 Å². The second-order valence-corrected chi connectivity index (χ2v) is 8.23. The fraction of sp³-hybridized carbons (Fsp3) is 0.591. The van der Waals surface area contributed by atoms with Crippen LogP contribution in [-0.4, -0.2) is 54.3 Å². The van der Waals surface area contributed by atoms with Crippen LogP contribution in [0.4, 0.5) is 0 Å². The summed E-state index contributed by atoms with van der Waals surface area (Å²) in [5.74, 6) is 0.800. The molecule has 1 amide bonds. The van der Waals surface area contributed by atoms with Gasteiger partial charge in [0.15, 0.2) is 0 Å². The number of carboxylic acids is 1. The molecule has 1 aromatic carbocycles. The van der Waals surface area contributed by atoms with E-state index in [0.29, 0.717) is 19.5 Å². The van der Waals surface area contributed by atoms with E-state index in [2.05, 4.69) is 6.07 Å². The van der Waals surface area contributed by atoms with E-state index >= 15 is 0 Å². The maximum atomic E-state index is 12.6. The highest BCUT2D eigenvalue weighted by Gasteiger charge is 2.39. The van der Waals surface area contributed by atoms with Gasteiger partial charge in [-0.25, -0.2) is 0 Å². The number of aliphatic imine (C=N–C) groups is 1. The zero-order valence-electron chi connectivity index (χ0n) is 16.4. The number of carboxylic acid groups (broad SMARTS) is 1. The number of amides is 1. The van der Waals surface area contributed by atoms with Crippen molar-refractivity contribution in [3.63, 3.8) is 0 Å². The first kappa shape index (κ1) is 19.0. The molecule has 3 aliphatic rings. The van der Waals surface area contributed by atoms with E-state index in [0.717, 1.165) is 49.3 Å². The van der Waals surface area contributed by atoms with Gasteiger partial charge in [-0.15, -0.1) is 0 Å². The van der Waals surface area contributed by atoms with Gasteiger partial charge in [0, 0.05) is 48.8 Å². The molecule has 0 unspecified atom stereocenters. The van der Waals surface area contributed by atoms with Gasteiger partial charge in [-0.2, -0.15) is 0 Å². The molecule has 6 heteroatoms. The van der Waals surface area contributed by atoms with Crippen LogP contribution in [0.5, 0.6) is 5.75 Å². The van der Waals surface area contributed by atoms with E-state index in [1.165, 1.54) is 5.56 Å². The maximum Gasteiger partial charge on any atom is 0.303 e. The summed E-state index contributed by atoms with van der Waals surface area (Å²) < 4.78 is 5.52. The summed E-state index contributed by atoms with van der Waals surface area (Å²) in [5.41, 5.74) is 3.33. The topological polar surface area (TPSA) is 79.2 Å². The van der Waals surface area contributed by atoms with Crippen molar-refractivity contribution in [2.45, 2.75) is 38.5 Å². The minimum Gasteiger partial charge on any atom is -0.496 e. The fourth-order valence-electron chi connectivity index (χ4n) is 4.69. The van der Waals surface area contributed by atoms with Crippen molar-refractivity contribution in [2.75, 3.05) is 26.7 Å². The normalized spacial score (nSPS) is 24.3. The lowest BCUT2D eigenvalue weighted by Crippen LogP contribution is -2.45. The van der Waals surface area contributed by atoms with Crippen LogP contribution >= 0.6 is 0 Å². The monoisotopic (exact) mass is 384 g/mol. The predicted molar refractivity (Wildman–Crippen MR) is 106 cm³/mol. The number of fused-ring (bicyclic) bond motifs is 1. The van der Waals surface area contributed by atoms with Crippen LogP contribution in [0.15, 0.2) is 23.2 Å². The fourth-order valence-corrected chi connectivity index (χ4v) is 4.69. The summed E-state index contributed by atoms with van der Waals surface area (Å²) in [7, 11) is 1.69. The first-order valence-corrected chi connectivity index (χ1v) is 10.3. The van der Waals surface area contributed by atoms with Crippen LogP contribution in [0.3, 0.4) is 0 Å². The van der Waals surface area contributed by atoms with Crippen LogP contribution in [0.1, 0.15) is 43.2 Å². The molecule has 1 aromatic rings. The average Bonchev–Trinajstić information content (AvgIpc) is 3.53. The maximum absolute atomic E-state index is 12.6. The number of carbonyl (C=O) groups is 2. The third-order valence-corrected chi connectivity index (χ3v) is 6.35. The molecule has 4 rings (SSSR count). The van der Waals surface area contributed by atoms with E-state index < -0.39 is 5.97 Å². The molecule has 0 radical (unpaired) electrons. The van der Waals surface area contributed by atoms with E-state index in [1.54, 1.807) is 7.11 Å².